The van der Waals surface area contributed by atoms with Gasteiger partial charge in [0.15, 0.2) is 0 Å². The van der Waals surface area contributed by atoms with E-state index >= 15 is 0 Å². The fourth-order valence-corrected chi connectivity index (χ4v) is 5.41. The Morgan fingerprint density at radius 2 is 1.43 bits per heavy atom. The van der Waals surface area contributed by atoms with Crippen molar-refractivity contribution in [1.29, 1.82) is 0 Å². The Hall–Kier alpha value is -4.15. The topological polar surface area (TPSA) is 128 Å². The van der Waals surface area contributed by atoms with Crippen molar-refractivity contribution in [3.8, 4) is 0 Å². The van der Waals surface area contributed by atoms with Crippen molar-refractivity contribution in [2.24, 2.45) is 5.92 Å². The molecule has 3 aromatic carbocycles. The summed E-state index contributed by atoms with van der Waals surface area (Å²) in [6.07, 6.45) is 0.249. The van der Waals surface area contributed by atoms with Crippen molar-refractivity contribution < 1.29 is 29.2 Å². The molecule has 1 fully saturated rings. The molecule has 0 saturated carbocycles. The van der Waals surface area contributed by atoms with Crippen LogP contribution in [0.15, 0.2) is 91.0 Å². The highest BCUT2D eigenvalue weighted by Crippen LogP contribution is 2.31. The van der Waals surface area contributed by atoms with Gasteiger partial charge in [-0.25, -0.2) is 4.79 Å². The molecule has 0 aromatic heterocycles. The summed E-state index contributed by atoms with van der Waals surface area (Å²) in [6.45, 7) is 3.89. The van der Waals surface area contributed by atoms with Crippen molar-refractivity contribution in [2.45, 2.75) is 57.2 Å². The lowest BCUT2D eigenvalue weighted by Gasteiger charge is -2.34. The summed E-state index contributed by atoms with van der Waals surface area (Å²) in [6, 6.07) is 26.2. The first-order valence-corrected chi connectivity index (χ1v) is 14.3. The summed E-state index contributed by atoms with van der Waals surface area (Å²) in [5.74, 6) is -2.59. The number of alkyl carbamates (subject to hydrolysis) is 1. The summed E-state index contributed by atoms with van der Waals surface area (Å²) >= 11 is 0. The molecule has 1 saturated heterocycles. The first-order valence-electron chi connectivity index (χ1n) is 14.3. The highest BCUT2D eigenvalue weighted by Gasteiger charge is 2.43. The predicted molar refractivity (Wildman–Crippen MR) is 160 cm³/mol. The second kappa shape index (κ2) is 14.7. The fraction of sp³-hybridized carbons (Fsp3) is 0.344. The standard InChI is InChI=1S/C32H38BN3O6/c1-22(2)29(33(40)41)35-30(37)26-19-12-20-36(26)31(38)28(34-32(39)42-21-23-13-6-3-7-14-23)27(24-15-8-4-9-16-24)25-17-10-5-11-18-25/h3-11,13-18,22,26-29,40-41H,12,19-21H2,1-2H3,(H,34,39)(H,35,37)/t26-,28+,29+/m0/s1. The maximum Gasteiger partial charge on any atom is 0.475 e. The monoisotopic (exact) mass is 571 g/mol. The second-order valence-electron chi connectivity index (χ2n) is 10.9. The Labute approximate surface area is 247 Å². The molecule has 42 heavy (non-hydrogen) atoms. The maximum absolute atomic E-state index is 14.4. The normalized spacial score (nSPS) is 16.1. The summed E-state index contributed by atoms with van der Waals surface area (Å²) in [4.78, 5) is 42.4. The van der Waals surface area contributed by atoms with E-state index in [9.17, 15) is 24.4 Å². The van der Waals surface area contributed by atoms with Crippen LogP contribution in [0.2, 0.25) is 0 Å². The maximum atomic E-state index is 14.4. The van der Waals surface area contributed by atoms with Gasteiger partial charge >= 0.3 is 13.2 Å². The SMILES string of the molecule is CC(C)[C@@H](NC(=O)[C@@H]1CCCN1C(=O)[C@H](NC(=O)OCc1ccccc1)C(c1ccccc1)c1ccccc1)B(O)O. The molecule has 0 aliphatic carbocycles. The van der Waals surface area contributed by atoms with E-state index in [0.29, 0.717) is 19.4 Å². The minimum absolute atomic E-state index is 0.0315. The van der Waals surface area contributed by atoms with Crippen LogP contribution < -0.4 is 10.6 Å². The molecule has 0 unspecified atom stereocenters. The first kappa shape index (κ1) is 30.8. The number of nitrogens with one attached hydrogen (secondary N) is 2. The largest absolute Gasteiger partial charge is 0.475 e. The lowest BCUT2D eigenvalue weighted by atomic mass is 9.73. The Kier molecular flexibility index (Phi) is 10.8. The number of amides is 3. The Bertz CT molecular complexity index is 1260. The van der Waals surface area contributed by atoms with Crippen LogP contribution in [0.5, 0.6) is 0 Å². The van der Waals surface area contributed by atoms with Gasteiger partial charge in [-0.05, 0) is 35.4 Å². The molecule has 0 spiro atoms. The molecule has 220 valence electrons. The highest BCUT2D eigenvalue weighted by atomic mass is 16.5. The number of benzene rings is 3. The average Bonchev–Trinajstić information content (AvgIpc) is 3.50. The van der Waals surface area contributed by atoms with E-state index in [0.717, 1.165) is 16.7 Å². The summed E-state index contributed by atoms with van der Waals surface area (Å²) in [7, 11) is -1.74. The van der Waals surface area contributed by atoms with Crippen molar-refractivity contribution in [3.05, 3.63) is 108 Å². The Morgan fingerprint density at radius 1 is 0.881 bits per heavy atom. The van der Waals surface area contributed by atoms with Crippen LogP contribution in [-0.4, -0.2) is 64.5 Å². The van der Waals surface area contributed by atoms with Gasteiger partial charge in [0.25, 0.3) is 0 Å². The molecule has 4 rings (SSSR count). The lowest BCUT2D eigenvalue weighted by Crippen LogP contribution is -2.58. The molecule has 3 aromatic rings. The number of ether oxygens (including phenoxy) is 1. The molecular formula is C32H38BN3O6. The van der Waals surface area contributed by atoms with E-state index in [-0.39, 0.29) is 12.5 Å². The second-order valence-corrected chi connectivity index (χ2v) is 10.9. The average molecular weight is 571 g/mol. The fourth-order valence-electron chi connectivity index (χ4n) is 5.41. The molecule has 0 bridgehead atoms. The van der Waals surface area contributed by atoms with Gasteiger partial charge in [-0.15, -0.1) is 0 Å². The van der Waals surface area contributed by atoms with Crippen LogP contribution in [0.4, 0.5) is 4.79 Å². The van der Waals surface area contributed by atoms with Crippen LogP contribution in [0.1, 0.15) is 49.3 Å². The first-order chi connectivity index (χ1) is 20.3. The summed E-state index contributed by atoms with van der Waals surface area (Å²) in [5.41, 5.74) is 2.43. The zero-order valence-electron chi connectivity index (χ0n) is 23.9. The highest BCUT2D eigenvalue weighted by molar-refractivity contribution is 6.43. The molecule has 3 atom stereocenters. The number of likely N-dealkylation sites (tertiary alicyclic amines) is 1. The summed E-state index contributed by atoms with van der Waals surface area (Å²) < 4.78 is 5.52. The molecule has 9 nitrogen and oxygen atoms in total. The van der Waals surface area contributed by atoms with Crippen LogP contribution in [0, 0.1) is 5.92 Å². The van der Waals surface area contributed by atoms with Crippen LogP contribution in [0.3, 0.4) is 0 Å². The molecule has 1 aliphatic heterocycles. The van der Waals surface area contributed by atoms with E-state index in [2.05, 4.69) is 10.6 Å². The van der Waals surface area contributed by atoms with Crippen molar-refractivity contribution >= 4 is 25.0 Å². The molecule has 0 radical (unpaired) electrons. The van der Waals surface area contributed by atoms with Crippen molar-refractivity contribution in [2.75, 3.05) is 6.54 Å². The number of hydrogen-bond acceptors (Lipinski definition) is 6. The third-order valence-electron chi connectivity index (χ3n) is 7.59. The van der Waals surface area contributed by atoms with Crippen LogP contribution in [-0.2, 0) is 20.9 Å². The molecular weight excluding hydrogens is 533 g/mol. The number of nitrogens with zero attached hydrogens (tertiary/aromatic N) is 1. The van der Waals surface area contributed by atoms with Crippen molar-refractivity contribution in [1.82, 2.24) is 15.5 Å². The number of rotatable bonds is 11. The Morgan fingerprint density at radius 3 is 1.95 bits per heavy atom. The smallest absolute Gasteiger partial charge is 0.445 e. The molecule has 4 N–H and O–H groups in total. The van der Waals surface area contributed by atoms with Crippen molar-refractivity contribution in [3.63, 3.8) is 0 Å². The van der Waals surface area contributed by atoms with E-state index in [1.165, 1.54) is 4.90 Å². The Balaban J connectivity index is 1.65. The van der Waals surface area contributed by atoms with E-state index in [1.807, 2.05) is 91.0 Å². The van der Waals surface area contributed by atoms with Gasteiger partial charge in [-0.1, -0.05) is 105 Å². The van der Waals surface area contributed by atoms with Gasteiger partial charge in [0, 0.05) is 12.5 Å². The molecule has 1 aliphatic rings. The molecule has 3 amide bonds. The quantitative estimate of drug-likeness (QED) is 0.262. The van der Waals surface area contributed by atoms with Gasteiger partial charge in [0.1, 0.15) is 18.7 Å². The van der Waals surface area contributed by atoms with Crippen LogP contribution in [0.25, 0.3) is 0 Å². The van der Waals surface area contributed by atoms with Gasteiger partial charge in [0.2, 0.25) is 11.8 Å². The van der Waals surface area contributed by atoms with Gasteiger partial charge in [-0.3, -0.25) is 9.59 Å². The number of carbonyl (C=O) groups is 3. The molecule has 10 heteroatoms. The van der Waals surface area contributed by atoms with Crippen LogP contribution >= 0.6 is 0 Å². The van der Waals surface area contributed by atoms with Gasteiger partial charge < -0.3 is 30.3 Å². The summed E-state index contributed by atoms with van der Waals surface area (Å²) in [5, 5.41) is 25.1. The van der Waals surface area contributed by atoms with Gasteiger partial charge in [-0.2, -0.15) is 0 Å². The third-order valence-corrected chi connectivity index (χ3v) is 7.59. The third kappa shape index (κ3) is 7.77. The number of carbonyl (C=O) groups excluding carboxylic acids is 3. The zero-order valence-corrected chi connectivity index (χ0v) is 23.9. The van der Waals surface area contributed by atoms with E-state index < -0.39 is 49.0 Å². The minimum Gasteiger partial charge on any atom is -0.445 e. The van der Waals surface area contributed by atoms with E-state index in [1.54, 1.807) is 13.8 Å². The lowest BCUT2D eigenvalue weighted by molar-refractivity contribution is -0.140. The number of hydrogen-bond donors (Lipinski definition) is 4. The molecule has 1 heterocycles. The zero-order chi connectivity index (χ0) is 30.1. The predicted octanol–water partition coefficient (Wildman–Crippen LogP) is 3.26. The minimum atomic E-state index is -1.74. The van der Waals surface area contributed by atoms with E-state index in [4.69, 9.17) is 4.74 Å². The van der Waals surface area contributed by atoms with Gasteiger partial charge in [0.05, 0.1) is 5.94 Å².